The lowest BCUT2D eigenvalue weighted by Gasteiger charge is -2.07. The van der Waals surface area contributed by atoms with E-state index in [1.165, 1.54) is 10.6 Å². The monoisotopic (exact) mass is 325 g/mol. The second-order valence-corrected chi connectivity index (χ2v) is 5.34. The summed E-state index contributed by atoms with van der Waals surface area (Å²) < 4.78 is 14.7. The van der Waals surface area contributed by atoms with Crippen LogP contribution in [0.25, 0.3) is 0 Å². The van der Waals surface area contributed by atoms with Gasteiger partial charge in [0.2, 0.25) is 11.7 Å². The molecule has 116 valence electrons. The van der Waals surface area contributed by atoms with Gasteiger partial charge in [-0.3, -0.25) is 19.7 Å². The summed E-state index contributed by atoms with van der Waals surface area (Å²) in [5.41, 5.74) is 0.190. The van der Waals surface area contributed by atoms with Gasteiger partial charge in [-0.2, -0.15) is 4.39 Å². The minimum absolute atomic E-state index is 0.0304. The molecular weight excluding hydrogens is 313 g/mol. The molecule has 2 aromatic rings. The summed E-state index contributed by atoms with van der Waals surface area (Å²) in [6.07, 6.45) is 0.0304. The molecule has 0 bridgehead atoms. The highest BCUT2D eigenvalue weighted by molar-refractivity contribution is 7.07. The van der Waals surface area contributed by atoms with E-state index < -0.39 is 22.3 Å². The maximum Gasteiger partial charge on any atom is 0.307 e. The molecule has 1 aromatic carbocycles. The molecule has 1 heterocycles. The van der Waals surface area contributed by atoms with Crippen LogP contribution in [0.3, 0.4) is 0 Å². The molecule has 7 nitrogen and oxygen atoms in total. The van der Waals surface area contributed by atoms with Crippen LogP contribution in [0.5, 0.6) is 0 Å². The number of carbonyl (C=O) groups is 1. The highest BCUT2D eigenvalue weighted by Crippen LogP contribution is 2.21. The van der Waals surface area contributed by atoms with Gasteiger partial charge in [0, 0.05) is 35.8 Å². The molecule has 22 heavy (non-hydrogen) atoms. The van der Waals surface area contributed by atoms with Crippen molar-refractivity contribution in [3.63, 3.8) is 0 Å². The molecule has 0 aliphatic rings. The van der Waals surface area contributed by atoms with Crippen molar-refractivity contribution in [2.75, 3.05) is 5.32 Å². The third kappa shape index (κ3) is 3.55. The predicted molar refractivity (Wildman–Crippen MR) is 79.6 cm³/mol. The Labute approximate surface area is 128 Å². The van der Waals surface area contributed by atoms with Crippen LogP contribution in [-0.2, 0) is 11.3 Å². The van der Waals surface area contributed by atoms with E-state index in [9.17, 15) is 24.1 Å². The quantitative estimate of drug-likeness (QED) is 0.674. The predicted octanol–water partition coefficient (Wildman–Crippen LogP) is 2.29. The lowest BCUT2D eigenvalue weighted by molar-refractivity contribution is -0.387. The van der Waals surface area contributed by atoms with Crippen LogP contribution in [0.2, 0.25) is 0 Å². The third-order valence-corrected chi connectivity index (χ3v) is 3.85. The Bertz CT molecular complexity index is 784. The van der Waals surface area contributed by atoms with Gasteiger partial charge in [0.05, 0.1) is 4.92 Å². The van der Waals surface area contributed by atoms with E-state index in [0.717, 1.165) is 29.2 Å². The molecule has 0 unspecified atom stereocenters. The zero-order valence-electron chi connectivity index (χ0n) is 11.5. The Balaban J connectivity index is 2.02. The fraction of sp³-hybridized carbons (Fsp3) is 0.231. The molecule has 1 amide bonds. The summed E-state index contributed by atoms with van der Waals surface area (Å²) >= 11 is 1.05. The lowest BCUT2D eigenvalue weighted by atomic mass is 10.2. The Morgan fingerprint density at radius 1 is 1.50 bits per heavy atom. The molecule has 1 N–H and O–H groups in total. The second-order valence-electron chi connectivity index (χ2n) is 4.52. The number of aryl methyl sites for hydroxylation is 1. The van der Waals surface area contributed by atoms with Gasteiger partial charge in [-0.1, -0.05) is 11.3 Å². The van der Waals surface area contributed by atoms with Crippen molar-refractivity contribution >= 4 is 28.6 Å². The molecule has 0 aliphatic carbocycles. The smallest absolute Gasteiger partial charge is 0.307 e. The fourth-order valence-electron chi connectivity index (χ4n) is 1.84. The van der Waals surface area contributed by atoms with E-state index >= 15 is 0 Å². The maximum atomic E-state index is 13.2. The Morgan fingerprint density at radius 2 is 2.23 bits per heavy atom. The molecule has 0 spiro atoms. The third-order valence-electron chi connectivity index (χ3n) is 2.97. The van der Waals surface area contributed by atoms with Crippen molar-refractivity contribution in [1.29, 1.82) is 0 Å². The topological polar surface area (TPSA) is 94.2 Å². The van der Waals surface area contributed by atoms with Crippen LogP contribution in [0.15, 0.2) is 28.4 Å². The zero-order valence-corrected chi connectivity index (χ0v) is 12.4. The number of rotatable bonds is 5. The Kier molecular flexibility index (Phi) is 4.66. The number of benzene rings is 1. The first-order valence-corrected chi connectivity index (χ1v) is 7.15. The lowest BCUT2D eigenvalue weighted by Crippen LogP contribution is -2.20. The molecule has 0 saturated heterocycles. The van der Waals surface area contributed by atoms with Crippen LogP contribution in [0.4, 0.5) is 15.8 Å². The molecule has 0 fully saturated rings. The van der Waals surface area contributed by atoms with Crippen molar-refractivity contribution in [3.05, 3.63) is 54.9 Å². The van der Waals surface area contributed by atoms with Gasteiger partial charge in [0.15, 0.2) is 0 Å². The van der Waals surface area contributed by atoms with Crippen LogP contribution >= 0.6 is 11.3 Å². The van der Waals surface area contributed by atoms with Crippen LogP contribution in [0.1, 0.15) is 12.1 Å². The van der Waals surface area contributed by atoms with Crippen LogP contribution < -0.4 is 10.2 Å². The minimum Gasteiger partial charge on any atom is -0.326 e. The van der Waals surface area contributed by atoms with Crippen molar-refractivity contribution < 1.29 is 14.1 Å². The van der Waals surface area contributed by atoms with Gasteiger partial charge in [-0.05, 0) is 19.1 Å². The number of nitro groups is 1. The zero-order chi connectivity index (χ0) is 16.3. The number of nitrogens with zero attached hydrogens (tertiary/aromatic N) is 2. The normalized spacial score (nSPS) is 10.5. The number of hydrogen-bond acceptors (Lipinski definition) is 5. The SMILES string of the molecule is Cc1csc(=O)n1CCC(=O)Nc1ccc(F)c([N+](=O)[O-])c1. The molecular formula is C13H12FN3O4S. The van der Waals surface area contributed by atoms with Crippen LogP contribution in [0, 0.1) is 22.9 Å². The van der Waals surface area contributed by atoms with Crippen molar-refractivity contribution in [3.8, 4) is 0 Å². The summed E-state index contributed by atoms with van der Waals surface area (Å²) in [5, 5.41) is 14.8. The van der Waals surface area contributed by atoms with Gasteiger partial charge < -0.3 is 9.88 Å². The average molecular weight is 325 g/mol. The van der Waals surface area contributed by atoms with Crippen molar-refractivity contribution in [2.24, 2.45) is 0 Å². The number of amides is 1. The molecule has 1 aromatic heterocycles. The molecule has 0 aliphatic heterocycles. The van der Waals surface area contributed by atoms with Crippen molar-refractivity contribution in [2.45, 2.75) is 19.9 Å². The molecule has 0 atom stereocenters. The van der Waals surface area contributed by atoms with Gasteiger partial charge in [-0.25, -0.2) is 0 Å². The van der Waals surface area contributed by atoms with Gasteiger partial charge in [0.25, 0.3) is 0 Å². The number of anilines is 1. The first-order valence-electron chi connectivity index (χ1n) is 6.27. The second kappa shape index (κ2) is 6.48. The van der Waals surface area contributed by atoms with E-state index in [1.54, 1.807) is 12.3 Å². The minimum atomic E-state index is -0.969. The van der Waals surface area contributed by atoms with E-state index in [4.69, 9.17) is 0 Å². The van der Waals surface area contributed by atoms with Gasteiger partial charge in [0.1, 0.15) is 0 Å². The van der Waals surface area contributed by atoms with Gasteiger partial charge in [-0.15, -0.1) is 0 Å². The summed E-state index contributed by atoms with van der Waals surface area (Å²) in [5.74, 6) is -1.39. The van der Waals surface area contributed by atoms with Crippen molar-refractivity contribution in [1.82, 2.24) is 4.57 Å². The average Bonchev–Trinajstić information content (AvgIpc) is 2.77. The molecule has 2 rings (SSSR count). The number of aromatic nitrogens is 1. The van der Waals surface area contributed by atoms with Crippen LogP contribution in [-0.4, -0.2) is 15.4 Å². The van der Waals surface area contributed by atoms with Gasteiger partial charge >= 0.3 is 10.6 Å². The van der Waals surface area contributed by atoms with E-state index in [2.05, 4.69) is 5.32 Å². The fourth-order valence-corrected chi connectivity index (χ4v) is 2.60. The summed E-state index contributed by atoms with van der Waals surface area (Å²) in [4.78, 5) is 32.9. The summed E-state index contributed by atoms with van der Waals surface area (Å²) in [6, 6.07) is 3.11. The highest BCUT2D eigenvalue weighted by Gasteiger charge is 2.15. The molecule has 9 heteroatoms. The molecule has 0 saturated carbocycles. The number of thiazole rings is 1. The summed E-state index contributed by atoms with van der Waals surface area (Å²) in [6.45, 7) is 1.97. The largest absolute Gasteiger partial charge is 0.326 e. The number of nitrogens with one attached hydrogen (secondary N) is 1. The first-order chi connectivity index (χ1) is 10.4. The number of hydrogen-bond donors (Lipinski definition) is 1. The van der Waals surface area contributed by atoms with E-state index in [-0.39, 0.29) is 23.5 Å². The number of halogens is 1. The van der Waals surface area contributed by atoms with E-state index in [0.29, 0.717) is 0 Å². The highest BCUT2D eigenvalue weighted by atomic mass is 32.1. The summed E-state index contributed by atoms with van der Waals surface area (Å²) in [7, 11) is 0. The number of carbonyl (C=O) groups excluding carboxylic acids is 1. The molecule has 0 radical (unpaired) electrons. The van der Waals surface area contributed by atoms with E-state index in [1.807, 2.05) is 0 Å². The maximum absolute atomic E-state index is 13.2. The Morgan fingerprint density at radius 3 is 2.82 bits per heavy atom. The Hall–Kier alpha value is -2.55. The number of nitro benzene ring substituents is 1. The standard InChI is InChI=1S/C13H12FN3O4S/c1-8-7-22-13(19)16(8)5-4-12(18)15-9-2-3-10(14)11(6-9)17(20)21/h2-3,6-7H,4-5H2,1H3,(H,15,18). The first kappa shape index (κ1) is 15.8.